The Morgan fingerprint density at radius 1 is 1.27 bits per heavy atom. The quantitative estimate of drug-likeness (QED) is 0.526. The fraction of sp³-hybridized carbons (Fsp3) is 0.833. The zero-order valence-electron chi connectivity index (χ0n) is 9.20. The van der Waals surface area contributed by atoms with Crippen LogP contribution < -0.4 is 0 Å². The van der Waals surface area contributed by atoms with E-state index in [2.05, 4.69) is 0 Å². The predicted molar refractivity (Wildman–Crippen MR) is 55.2 cm³/mol. The lowest BCUT2D eigenvalue weighted by molar-refractivity contribution is -0.146. The number of carbonyl (C=O) groups excluding carboxylic acids is 2. The first-order valence-electron chi connectivity index (χ1n) is 5.89. The summed E-state index contributed by atoms with van der Waals surface area (Å²) in [5, 5.41) is 0. The first-order valence-corrected chi connectivity index (χ1v) is 5.89. The van der Waals surface area contributed by atoms with Crippen LogP contribution in [0.25, 0.3) is 0 Å². The van der Waals surface area contributed by atoms with Gasteiger partial charge in [0.25, 0.3) is 0 Å². The Morgan fingerprint density at radius 3 is 2.60 bits per heavy atom. The minimum absolute atomic E-state index is 0.0122. The molecule has 3 nitrogen and oxygen atoms in total. The number of carbonyl (C=O) groups is 2. The maximum atomic E-state index is 11.8. The number of rotatable bonds is 4. The fourth-order valence-corrected chi connectivity index (χ4v) is 3.12. The average molecular weight is 210 g/mol. The Balaban J connectivity index is 1.84. The third-order valence-corrected chi connectivity index (χ3v) is 3.78. The van der Waals surface area contributed by atoms with Crippen molar-refractivity contribution < 1.29 is 14.3 Å². The molecule has 3 heteroatoms. The highest BCUT2D eigenvalue weighted by Gasteiger charge is 2.43. The lowest BCUT2D eigenvalue weighted by atomic mass is 9.85. The van der Waals surface area contributed by atoms with Crippen LogP contribution in [0.15, 0.2) is 0 Å². The minimum atomic E-state index is -0.356. The Labute approximate surface area is 90.2 Å². The highest BCUT2D eigenvalue weighted by molar-refractivity contribution is 5.97. The number of fused-ring (bicyclic) bond motifs is 2. The molecule has 0 radical (unpaired) electrons. The van der Waals surface area contributed by atoms with Gasteiger partial charge in [0.1, 0.15) is 12.2 Å². The summed E-state index contributed by atoms with van der Waals surface area (Å²) < 4.78 is 4.79. The highest BCUT2D eigenvalue weighted by Crippen LogP contribution is 2.48. The van der Waals surface area contributed by atoms with Gasteiger partial charge >= 0.3 is 5.97 Å². The van der Waals surface area contributed by atoms with Crippen molar-refractivity contribution in [3.63, 3.8) is 0 Å². The molecule has 2 bridgehead atoms. The highest BCUT2D eigenvalue weighted by atomic mass is 16.5. The summed E-state index contributed by atoms with van der Waals surface area (Å²) in [4.78, 5) is 23.0. The van der Waals surface area contributed by atoms with Gasteiger partial charge in [-0.2, -0.15) is 0 Å². The van der Waals surface area contributed by atoms with Gasteiger partial charge in [-0.3, -0.25) is 9.59 Å². The number of Topliss-reactive ketones (excluding diaryl/α,β-unsaturated/α-hetero) is 1. The summed E-state index contributed by atoms with van der Waals surface area (Å²) in [6, 6.07) is 0. The van der Waals surface area contributed by atoms with Gasteiger partial charge in [0.15, 0.2) is 0 Å². The van der Waals surface area contributed by atoms with Crippen molar-refractivity contribution in [3.05, 3.63) is 0 Å². The van der Waals surface area contributed by atoms with Gasteiger partial charge in [-0.15, -0.1) is 0 Å². The molecule has 2 aliphatic carbocycles. The standard InChI is InChI=1S/C12H18O3/c1-2-15-12(14)7-11(13)10-6-8-3-4-9(10)5-8/h8-10H,2-7H2,1H3. The van der Waals surface area contributed by atoms with E-state index in [1.54, 1.807) is 6.92 Å². The van der Waals surface area contributed by atoms with Crippen molar-refractivity contribution in [1.82, 2.24) is 0 Å². The van der Waals surface area contributed by atoms with E-state index >= 15 is 0 Å². The van der Waals surface area contributed by atoms with Crippen LogP contribution in [0.5, 0.6) is 0 Å². The second-order valence-electron chi connectivity index (χ2n) is 4.73. The van der Waals surface area contributed by atoms with Crippen molar-refractivity contribution in [1.29, 1.82) is 0 Å². The second-order valence-corrected chi connectivity index (χ2v) is 4.73. The SMILES string of the molecule is CCOC(=O)CC(=O)C1CC2CCC1C2. The normalized spacial score (nSPS) is 33.0. The number of hydrogen-bond acceptors (Lipinski definition) is 3. The zero-order chi connectivity index (χ0) is 10.8. The molecule has 0 amide bonds. The molecule has 0 aromatic carbocycles. The Morgan fingerprint density at radius 2 is 2.07 bits per heavy atom. The van der Waals surface area contributed by atoms with Gasteiger partial charge in [-0.05, 0) is 38.0 Å². The molecule has 0 spiro atoms. The molecule has 84 valence electrons. The van der Waals surface area contributed by atoms with Crippen LogP contribution in [0.2, 0.25) is 0 Å². The van der Waals surface area contributed by atoms with Crippen LogP contribution in [-0.2, 0) is 14.3 Å². The maximum Gasteiger partial charge on any atom is 0.313 e. The first-order chi connectivity index (χ1) is 7.20. The molecular formula is C12H18O3. The monoisotopic (exact) mass is 210 g/mol. The van der Waals surface area contributed by atoms with Crippen LogP contribution in [0, 0.1) is 17.8 Å². The lowest BCUT2D eigenvalue weighted by Gasteiger charge is -2.19. The van der Waals surface area contributed by atoms with Gasteiger partial charge in [-0.1, -0.05) is 6.42 Å². The van der Waals surface area contributed by atoms with Gasteiger partial charge in [0.2, 0.25) is 0 Å². The summed E-state index contributed by atoms with van der Waals surface area (Å²) in [5.41, 5.74) is 0. The molecule has 3 atom stereocenters. The van der Waals surface area contributed by atoms with Crippen molar-refractivity contribution in [2.75, 3.05) is 6.61 Å². The summed E-state index contributed by atoms with van der Waals surface area (Å²) in [6.45, 7) is 2.13. The number of esters is 1. The van der Waals surface area contributed by atoms with Crippen molar-refractivity contribution in [2.24, 2.45) is 17.8 Å². The summed E-state index contributed by atoms with van der Waals surface area (Å²) in [7, 11) is 0. The van der Waals surface area contributed by atoms with Gasteiger partial charge in [-0.25, -0.2) is 0 Å². The molecule has 2 rings (SSSR count). The van der Waals surface area contributed by atoms with E-state index in [9.17, 15) is 9.59 Å². The predicted octanol–water partition coefficient (Wildman–Crippen LogP) is 1.94. The van der Waals surface area contributed by atoms with E-state index in [1.165, 1.54) is 19.3 Å². The second kappa shape index (κ2) is 4.33. The molecule has 0 aromatic rings. The molecule has 0 aliphatic heterocycles. The Bertz CT molecular complexity index is 272. The molecule has 15 heavy (non-hydrogen) atoms. The maximum absolute atomic E-state index is 11.8. The Hall–Kier alpha value is -0.860. The van der Waals surface area contributed by atoms with E-state index in [1.807, 2.05) is 0 Å². The molecule has 0 saturated heterocycles. The molecule has 3 unspecified atom stereocenters. The molecule has 0 aromatic heterocycles. The van der Waals surface area contributed by atoms with Crippen molar-refractivity contribution in [2.45, 2.75) is 39.0 Å². The van der Waals surface area contributed by atoms with E-state index in [4.69, 9.17) is 4.74 Å². The van der Waals surface area contributed by atoms with Crippen LogP contribution in [-0.4, -0.2) is 18.4 Å². The Kier molecular flexibility index (Phi) is 3.08. The number of ketones is 1. The summed E-state index contributed by atoms with van der Waals surface area (Å²) in [5.74, 6) is 1.24. The minimum Gasteiger partial charge on any atom is -0.466 e. The first kappa shape index (κ1) is 10.7. The summed E-state index contributed by atoms with van der Waals surface area (Å²) in [6.07, 6.45) is 4.68. The average Bonchev–Trinajstić information content (AvgIpc) is 2.78. The van der Waals surface area contributed by atoms with Crippen LogP contribution >= 0.6 is 0 Å². The van der Waals surface area contributed by atoms with E-state index in [-0.39, 0.29) is 24.1 Å². The third kappa shape index (κ3) is 2.21. The van der Waals surface area contributed by atoms with Crippen LogP contribution in [0.1, 0.15) is 39.0 Å². The zero-order valence-corrected chi connectivity index (χ0v) is 9.20. The molecular weight excluding hydrogens is 192 g/mol. The molecule has 2 aliphatic rings. The number of hydrogen-bond donors (Lipinski definition) is 0. The number of ether oxygens (including phenoxy) is 1. The van der Waals surface area contributed by atoms with Crippen molar-refractivity contribution >= 4 is 11.8 Å². The largest absolute Gasteiger partial charge is 0.466 e. The lowest BCUT2D eigenvalue weighted by Crippen LogP contribution is -2.24. The summed E-state index contributed by atoms with van der Waals surface area (Å²) >= 11 is 0. The smallest absolute Gasteiger partial charge is 0.313 e. The molecule has 2 saturated carbocycles. The van der Waals surface area contributed by atoms with Gasteiger partial charge in [0.05, 0.1) is 6.61 Å². The van der Waals surface area contributed by atoms with E-state index < -0.39 is 0 Å². The van der Waals surface area contributed by atoms with Crippen molar-refractivity contribution in [3.8, 4) is 0 Å². The molecule has 2 fully saturated rings. The van der Waals surface area contributed by atoms with Gasteiger partial charge < -0.3 is 4.74 Å². The molecule has 0 heterocycles. The topological polar surface area (TPSA) is 43.4 Å². The van der Waals surface area contributed by atoms with E-state index in [0.717, 1.165) is 12.3 Å². The van der Waals surface area contributed by atoms with Crippen LogP contribution in [0.3, 0.4) is 0 Å². The fourth-order valence-electron chi connectivity index (χ4n) is 3.12. The van der Waals surface area contributed by atoms with E-state index in [0.29, 0.717) is 12.5 Å². The van der Waals surface area contributed by atoms with Crippen LogP contribution in [0.4, 0.5) is 0 Å². The molecule has 0 N–H and O–H groups in total. The van der Waals surface area contributed by atoms with Gasteiger partial charge in [0, 0.05) is 5.92 Å². The third-order valence-electron chi connectivity index (χ3n) is 3.78.